The molecule has 0 bridgehead atoms. The molecular weight excluding hydrogens is 316 g/mol. The smallest absolute Gasteiger partial charge is 0.291 e. The minimum absolute atomic E-state index is 0.182. The number of piperidine rings is 1. The first-order valence-electron chi connectivity index (χ1n) is 9.14. The number of amides is 1. The number of carbonyl (C=O) groups is 1. The first kappa shape index (κ1) is 17.8. The minimum Gasteiger partial charge on any atom is -0.349 e. The van der Waals surface area contributed by atoms with Crippen molar-refractivity contribution < 1.29 is 4.79 Å². The van der Waals surface area contributed by atoms with Crippen molar-refractivity contribution in [1.82, 2.24) is 29.8 Å². The molecule has 3 rings (SSSR count). The highest BCUT2D eigenvalue weighted by atomic mass is 16.2. The van der Waals surface area contributed by atoms with Crippen LogP contribution in [0.3, 0.4) is 0 Å². The van der Waals surface area contributed by atoms with Crippen LogP contribution in [-0.2, 0) is 0 Å². The maximum absolute atomic E-state index is 12.3. The highest BCUT2D eigenvalue weighted by molar-refractivity contribution is 5.90. The first-order valence-corrected chi connectivity index (χ1v) is 9.14. The summed E-state index contributed by atoms with van der Waals surface area (Å²) in [6, 6.07) is 1.92. The zero-order chi connectivity index (χ0) is 18.0. The second kappa shape index (κ2) is 7.47. The molecule has 0 spiro atoms. The number of hydrogen-bond acceptors (Lipinski definition) is 5. The third-order valence-corrected chi connectivity index (χ3v) is 4.70. The zero-order valence-corrected chi connectivity index (χ0v) is 15.6. The van der Waals surface area contributed by atoms with Gasteiger partial charge in [0.1, 0.15) is 0 Å². The topological polar surface area (TPSA) is 75.4 Å². The lowest BCUT2D eigenvalue weighted by Gasteiger charge is -2.34. The van der Waals surface area contributed by atoms with Crippen LogP contribution < -0.4 is 5.32 Å². The lowest BCUT2D eigenvalue weighted by molar-refractivity contribution is 0.0937. The normalized spacial score (nSPS) is 21.6. The molecule has 7 nitrogen and oxygen atoms in total. The fourth-order valence-electron chi connectivity index (χ4n) is 3.82. The van der Waals surface area contributed by atoms with Gasteiger partial charge in [-0.1, -0.05) is 13.8 Å². The van der Waals surface area contributed by atoms with Gasteiger partial charge >= 0.3 is 0 Å². The summed E-state index contributed by atoms with van der Waals surface area (Å²) >= 11 is 0. The van der Waals surface area contributed by atoms with E-state index in [-0.39, 0.29) is 11.7 Å². The Morgan fingerprint density at radius 1 is 1.24 bits per heavy atom. The highest BCUT2D eigenvalue weighted by Gasteiger charge is 2.21. The fourth-order valence-corrected chi connectivity index (χ4v) is 3.82. The van der Waals surface area contributed by atoms with E-state index in [4.69, 9.17) is 0 Å². The van der Waals surface area contributed by atoms with Gasteiger partial charge in [-0.3, -0.25) is 4.79 Å². The van der Waals surface area contributed by atoms with E-state index in [0.29, 0.717) is 12.3 Å². The van der Waals surface area contributed by atoms with Gasteiger partial charge in [0.2, 0.25) is 5.82 Å². The molecule has 136 valence electrons. The molecule has 1 aliphatic rings. The Morgan fingerprint density at radius 2 is 1.96 bits per heavy atom. The van der Waals surface area contributed by atoms with Crippen LogP contribution in [0.5, 0.6) is 0 Å². The summed E-state index contributed by atoms with van der Waals surface area (Å²) in [5.41, 5.74) is 1.79. The predicted octanol–water partition coefficient (Wildman–Crippen LogP) is 1.84. The van der Waals surface area contributed by atoms with Gasteiger partial charge < -0.3 is 10.2 Å². The van der Waals surface area contributed by atoms with Crippen molar-refractivity contribution in [3.8, 4) is 0 Å². The Kier molecular flexibility index (Phi) is 5.32. The Hall–Kier alpha value is -2.02. The number of likely N-dealkylation sites (tertiary alicyclic amines) is 1. The Balaban J connectivity index is 1.50. The van der Waals surface area contributed by atoms with Crippen LogP contribution in [0.2, 0.25) is 0 Å². The number of rotatable bonds is 5. The summed E-state index contributed by atoms with van der Waals surface area (Å²) in [6.07, 6.45) is 2.26. The highest BCUT2D eigenvalue weighted by Crippen LogP contribution is 2.20. The number of nitrogens with one attached hydrogen (secondary N) is 1. The molecule has 0 aromatic carbocycles. The van der Waals surface area contributed by atoms with Gasteiger partial charge in [0.25, 0.3) is 11.7 Å². The summed E-state index contributed by atoms with van der Waals surface area (Å²) in [5.74, 6) is 1.95. The third kappa shape index (κ3) is 4.34. The van der Waals surface area contributed by atoms with Crippen LogP contribution in [0, 0.1) is 25.7 Å². The molecule has 0 radical (unpaired) electrons. The average Bonchev–Trinajstić information content (AvgIpc) is 2.95. The monoisotopic (exact) mass is 344 g/mol. The van der Waals surface area contributed by atoms with E-state index >= 15 is 0 Å². The van der Waals surface area contributed by atoms with Gasteiger partial charge in [0.05, 0.1) is 0 Å². The van der Waals surface area contributed by atoms with Crippen LogP contribution in [0.4, 0.5) is 0 Å². The third-order valence-electron chi connectivity index (χ3n) is 4.70. The molecule has 2 unspecified atom stereocenters. The Bertz CT molecular complexity index is 745. The number of fused-ring (bicyclic) bond motifs is 1. The maximum Gasteiger partial charge on any atom is 0.291 e. The van der Waals surface area contributed by atoms with Crippen LogP contribution >= 0.6 is 0 Å². The number of nitrogens with zero attached hydrogens (tertiary/aromatic N) is 5. The predicted molar refractivity (Wildman–Crippen MR) is 96.6 cm³/mol. The molecule has 1 amide bonds. The number of hydrogen-bond donors (Lipinski definition) is 1. The molecule has 2 aromatic heterocycles. The largest absolute Gasteiger partial charge is 0.349 e. The zero-order valence-electron chi connectivity index (χ0n) is 15.6. The fraction of sp³-hybridized carbons (Fsp3) is 0.667. The van der Waals surface area contributed by atoms with Gasteiger partial charge in [-0.2, -0.15) is 4.98 Å². The maximum atomic E-state index is 12.3. The molecule has 0 saturated carbocycles. The molecule has 1 saturated heterocycles. The van der Waals surface area contributed by atoms with E-state index in [2.05, 4.69) is 39.1 Å². The molecule has 1 N–H and O–H groups in total. The van der Waals surface area contributed by atoms with Crippen molar-refractivity contribution in [2.75, 3.05) is 26.2 Å². The van der Waals surface area contributed by atoms with E-state index in [1.807, 2.05) is 19.9 Å². The molecular formula is C18H28N6O. The lowest BCUT2D eigenvalue weighted by atomic mass is 9.92. The molecule has 1 fully saturated rings. The van der Waals surface area contributed by atoms with Crippen molar-refractivity contribution >= 4 is 11.7 Å². The number of aromatic nitrogens is 4. The first-order chi connectivity index (χ1) is 11.9. The Morgan fingerprint density at radius 3 is 2.68 bits per heavy atom. The Labute approximate surface area is 148 Å². The van der Waals surface area contributed by atoms with Gasteiger partial charge in [-0.05, 0) is 51.1 Å². The minimum atomic E-state index is -0.233. The molecule has 2 atom stereocenters. The summed E-state index contributed by atoms with van der Waals surface area (Å²) < 4.78 is 1.61. The van der Waals surface area contributed by atoms with E-state index in [1.165, 1.54) is 6.42 Å². The number of aryl methyl sites for hydroxylation is 2. The van der Waals surface area contributed by atoms with E-state index in [9.17, 15) is 4.79 Å². The van der Waals surface area contributed by atoms with E-state index in [1.54, 1.807) is 4.52 Å². The summed E-state index contributed by atoms with van der Waals surface area (Å²) in [7, 11) is 0. The van der Waals surface area contributed by atoms with Crippen LogP contribution in [0.15, 0.2) is 6.07 Å². The van der Waals surface area contributed by atoms with Crippen LogP contribution in [0.1, 0.15) is 48.7 Å². The van der Waals surface area contributed by atoms with Gasteiger partial charge in [-0.25, -0.2) is 9.50 Å². The molecule has 25 heavy (non-hydrogen) atoms. The van der Waals surface area contributed by atoms with E-state index < -0.39 is 0 Å². The van der Waals surface area contributed by atoms with Crippen molar-refractivity contribution in [1.29, 1.82) is 0 Å². The van der Waals surface area contributed by atoms with Gasteiger partial charge in [-0.15, -0.1) is 5.10 Å². The van der Waals surface area contributed by atoms with Crippen molar-refractivity contribution in [3.05, 3.63) is 23.3 Å². The molecule has 1 aliphatic heterocycles. The van der Waals surface area contributed by atoms with E-state index in [0.717, 1.165) is 49.3 Å². The summed E-state index contributed by atoms with van der Waals surface area (Å²) in [4.78, 5) is 23.3. The molecule has 2 aromatic rings. The van der Waals surface area contributed by atoms with Gasteiger partial charge in [0, 0.05) is 31.0 Å². The lowest BCUT2D eigenvalue weighted by Crippen LogP contribution is -2.40. The van der Waals surface area contributed by atoms with Crippen LogP contribution in [0.25, 0.3) is 5.78 Å². The van der Waals surface area contributed by atoms with Crippen molar-refractivity contribution in [2.24, 2.45) is 11.8 Å². The molecule has 7 heteroatoms. The average molecular weight is 344 g/mol. The standard InChI is InChI=1S/C18H28N6O/c1-12-8-13(2)11-23(10-12)7-5-6-19-17(25)16-21-18-20-14(3)9-15(4)24(18)22-16/h9,12-13H,5-8,10-11H2,1-4H3,(H,19,25). The van der Waals surface area contributed by atoms with Crippen molar-refractivity contribution in [3.63, 3.8) is 0 Å². The van der Waals surface area contributed by atoms with Gasteiger partial charge in [0.15, 0.2) is 0 Å². The van der Waals surface area contributed by atoms with Crippen LogP contribution in [-0.4, -0.2) is 56.6 Å². The quantitative estimate of drug-likeness (QED) is 0.838. The second-order valence-electron chi connectivity index (χ2n) is 7.50. The van der Waals surface area contributed by atoms with Crippen molar-refractivity contribution in [2.45, 2.75) is 40.5 Å². The summed E-state index contributed by atoms with van der Waals surface area (Å²) in [6.45, 7) is 12.5. The number of carbonyl (C=O) groups excluding carboxylic acids is 1. The summed E-state index contributed by atoms with van der Waals surface area (Å²) in [5, 5.41) is 7.19. The second-order valence-corrected chi connectivity index (χ2v) is 7.50. The molecule has 3 heterocycles. The molecule has 0 aliphatic carbocycles. The SMILES string of the molecule is Cc1cc(C)n2nc(C(=O)NCCCN3CC(C)CC(C)C3)nc2n1.